The van der Waals surface area contributed by atoms with Gasteiger partial charge in [0.25, 0.3) is 5.56 Å². The predicted octanol–water partition coefficient (Wildman–Crippen LogP) is 2.11. The number of benzene rings is 1. The quantitative estimate of drug-likeness (QED) is 0.796. The Morgan fingerprint density at radius 1 is 1.21 bits per heavy atom. The van der Waals surface area contributed by atoms with Crippen molar-refractivity contribution in [2.24, 2.45) is 0 Å². The van der Waals surface area contributed by atoms with Crippen LogP contribution in [-0.2, 0) is 6.54 Å². The first-order valence-corrected chi connectivity index (χ1v) is 7.72. The molecule has 0 aliphatic heterocycles. The van der Waals surface area contributed by atoms with E-state index in [4.69, 9.17) is 0 Å². The zero-order chi connectivity index (χ0) is 17.3. The maximum Gasteiger partial charge on any atom is 0.258 e. The summed E-state index contributed by atoms with van der Waals surface area (Å²) >= 11 is 0. The lowest BCUT2D eigenvalue weighted by Crippen LogP contribution is -2.83. The maximum atomic E-state index is 13.8. The molecule has 0 saturated heterocycles. The first-order chi connectivity index (χ1) is 11.5. The van der Waals surface area contributed by atoms with Gasteiger partial charge >= 0.3 is 0 Å². The Labute approximate surface area is 137 Å². The molecule has 3 aromatic rings. The van der Waals surface area contributed by atoms with E-state index < -0.39 is 11.6 Å². The summed E-state index contributed by atoms with van der Waals surface area (Å²) in [5, 5.41) is 1.87. The van der Waals surface area contributed by atoms with Crippen LogP contribution in [0, 0.1) is 18.6 Å². The molecular weight excluding hydrogens is 312 g/mol. The van der Waals surface area contributed by atoms with Crippen molar-refractivity contribution in [2.45, 2.75) is 26.4 Å². The van der Waals surface area contributed by atoms with E-state index in [2.05, 4.69) is 4.98 Å². The Balaban J connectivity index is 1.82. The predicted molar refractivity (Wildman–Crippen MR) is 86.6 cm³/mol. The van der Waals surface area contributed by atoms with Gasteiger partial charge in [-0.1, -0.05) is 6.07 Å². The Hall–Kier alpha value is -2.60. The van der Waals surface area contributed by atoms with Crippen molar-refractivity contribution in [3.8, 4) is 0 Å². The van der Waals surface area contributed by atoms with E-state index in [1.165, 1.54) is 18.2 Å². The van der Waals surface area contributed by atoms with Crippen LogP contribution in [0.15, 0.2) is 47.3 Å². The average molecular weight is 330 g/mol. The van der Waals surface area contributed by atoms with Crippen LogP contribution in [0.3, 0.4) is 0 Å². The molecule has 0 fully saturated rings. The van der Waals surface area contributed by atoms with Gasteiger partial charge in [-0.25, -0.2) is 13.8 Å². The van der Waals surface area contributed by atoms with Gasteiger partial charge in [-0.3, -0.25) is 9.20 Å². The van der Waals surface area contributed by atoms with Gasteiger partial charge in [-0.15, -0.1) is 0 Å². The monoisotopic (exact) mass is 330 g/mol. The number of nitrogens with zero attached hydrogens (tertiary/aromatic N) is 2. The van der Waals surface area contributed by atoms with Crippen LogP contribution >= 0.6 is 0 Å². The first-order valence-electron chi connectivity index (χ1n) is 7.72. The molecule has 3 rings (SSSR count). The molecule has 1 aromatic carbocycles. The number of aromatic nitrogens is 2. The number of quaternary nitrogens is 1. The molecule has 124 valence electrons. The van der Waals surface area contributed by atoms with Crippen molar-refractivity contribution in [3.05, 3.63) is 81.4 Å². The van der Waals surface area contributed by atoms with Crippen LogP contribution in [0.1, 0.15) is 29.9 Å². The Kier molecular flexibility index (Phi) is 4.40. The van der Waals surface area contributed by atoms with E-state index in [1.54, 1.807) is 10.5 Å². The molecular formula is C18H18F2N3O+. The molecule has 0 radical (unpaired) electrons. The van der Waals surface area contributed by atoms with E-state index in [9.17, 15) is 13.6 Å². The number of fused-ring (bicyclic) bond motifs is 1. The van der Waals surface area contributed by atoms with Gasteiger partial charge in [0, 0.05) is 23.4 Å². The molecule has 6 heteroatoms. The lowest BCUT2D eigenvalue weighted by molar-refractivity contribution is -0.708. The molecule has 0 spiro atoms. The fourth-order valence-electron chi connectivity index (χ4n) is 2.76. The van der Waals surface area contributed by atoms with Crippen LogP contribution in [0.5, 0.6) is 0 Å². The Bertz CT molecular complexity index is 953. The second kappa shape index (κ2) is 6.49. The highest BCUT2D eigenvalue weighted by atomic mass is 19.1. The van der Waals surface area contributed by atoms with Gasteiger partial charge in [0.15, 0.2) is 0 Å². The second-order valence-corrected chi connectivity index (χ2v) is 5.84. The fraction of sp³-hybridized carbons (Fsp3) is 0.222. The van der Waals surface area contributed by atoms with Crippen molar-refractivity contribution >= 4 is 5.65 Å². The lowest BCUT2D eigenvalue weighted by Gasteiger charge is -2.12. The third kappa shape index (κ3) is 3.19. The Morgan fingerprint density at radius 3 is 2.75 bits per heavy atom. The summed E-state index contributed by atoms with van der Waals surface area (Å²) in [7, 11) is 0. The van der Waals surface area contributed by atoms with Gasteiger partial charge in [0.1, 0.15) is 35.6 Å². The minimum absolute atomic E-state index is 0.137. The largest absolute Gasteiger partial charge is 0.335 e. The number of rotatable bonds is 4. The summed E-state index contributed by atoms with van der Waals surface area (Å²) in [4.78, 5) is 16.7. The summed E-state index contributed by atoms with van der Waals surface area (Å²) in [6.07, 6.45) is 0. The first kappa shape index (κ1) is 16.3. The van der Waals surface area contributed by atoms with Gasteiger partial charge < -0.3 is 5.32 Å². The van der Waals surface area contributed by atoms with Crippen LogP contribution in [0.2, 0.25) is 0 Å². The van der Waals surface area contributed by atoms with E-state index in [1.807, 2.05) is 31.3 Å². The van der Waals surface area contributed by atoms with Crippen molar-refractivity contribution in [2.75, 3.05) is 0 Å². The molecule has 0 bridgehead atoms. The molecule has 2 heterocycles. The summed E-state index contributed by atoms with van der Waals surface area (Å²) in [6, 6.07) is 10.3. The molecule has 2 N–H and O–H groups in total. The van der Waals surface area contributed by atoms with E-state index >= 15 is 0 Å². The molecule has 0 aliphatic rings. The second-order valence-electron chi connectivity index (χ2n) is 5.84. The molecule has 0 saturated carbocycles. The Morgan fingerprint density at radius 2 is 2.00 bits per heavy atom. The molecule has 2 aromatic heterocycles. The standard InChI is InChI=1S/C18H17F2N3O/c1-11-4-3-5-17-22-14(9-18(24)23(11)17)10-21-12(2)15-7-6-13(19)8-16(15)20/h3-9,12,21H,10H2,1-2H3/p+1/t12-/m1/s1. The normalized spacial score (nSPS) is 12.5. The van der Waals surface area contributed by atoms with Crippen LogP contribution < -0.4 is 10.9 Å². The number of aryl methyl sites for hydroxylation is 1. The zero-order valence-electron chi connectivity index (χ0n) is 13.5. The molecule has 24 heavy (non-hydrogen) atoms. The number of nitrogens with two attached hydrogens (primary N) is 1. The van der Waals surface area contributed by atoms with Gasteiger partial charge in [-0.2, -0.15) is 0 Å². The smallest absolute Gasteiger partial charge is 0.258 e. The number of hydrogen-bond acceptors (Lipinski definition) is 2. The lowest BCUT2D eigenvalue weighted by atomic mass is 10.1. The van der Waals surface area contributed by atoms with Crippen molar-refractivity contribution in [1.82, 2.24) is 9.38 Å². The van der Waals surface area contributed by atoms with Gasteiger partial charge in [0.2, 0.25) is 0 Å². The maximum absolute atomic E-state index is 13.8. The fourth-order valence-corrected chi connectivity index (χ4v) is 2.76. The van der Waals surface area contributed by atoms with Crippen LogP contribution in [0.4, 0.5) is 8.78 Å². The molecule has 4 nitrogen and oxygen atoms in total. The zero-order valence-corrected chi connectivity index (χ0v) is 13.5. The molecule has 0 unspecified atom stereocenters. The topological polar surface area (TPSA) is 51.0 Å². The average Bonchev–Trinajstić information content (AvgIpc) is 2.52. The summed E-state index contributed by atoms with van der Waals surface area (Å²) < 4.78 is 28.4. The summed E-state index contributed by atoms with van der Waals surface area (Å²) in [5.74, 6) is -1.16. The highest BCUT2D eigenvalue weighted by Crippen LogP contribution is 2.14. The molecule has 0 aliphatic carbocycles. The summed E-state index contributed by atoms with van der Waals surface area (Å²) in [5.41, 5.74) is 2.32. The summed E-state index contributed by atoms with van der Waals surface area (Å²) in [6.45, 7) is 4.10. The number of halogens is 2. The van der Waals surface area contributed by atoms with Gasteiger partial charge in [-0.05, 0) is 38.1 Å². The minimum Gasteiger partial charge on any atom is -0.335 e. The van der Waals surface area contributed by atoms with Crippen LogP contribution in [-0.4, -0.2) is 9.38 Å². The van der Waals surface area contributed by atoms with E-state index in [0.29, 0.717) is 23.4 Å². The third-order valence-corrected chi connectivity index (χ3v) is 4.07. The van der Waals surface area contributed by atoms with E-state index in [-0.39, 0.29) is 11.6 Å². The number of pyridine rings is 1. The number of hydrogen-bond donors (Lipinski definition) is 1. The molecule has 1 atom stereocenters. The highest BCUT2D eigenvalue weighted by molar-refractivity contribution is 5.40. The van der Waals surface area contributed by atoms with Crippen molar-refractivity contribution in [1.29, 1.82) is 0 Å². The molecule has 0 amide bonds. The van der Waals surface area contributed by atoms with Crippen molar-refractivity contribution < 1.29 is 14.1 Å². The SMILES string of the molecule is Cc1cccc2nc(C[NH2+][C@H](C)c3ccc(F)cc3F)cc(=O)n12. The van der Waals surface area contributed by atoms with Crippen molar-refractivity contribution in [3.63, 3.8) is 0 Å². The highest BCUT2D eigenvalue weighted by Gasteiger charge is 2.15. The van der Waals surface area contributed by atoms with E-state index in [0.717, 1.165) is 11.8 Å². The van der Waals surface area contributed by atoms with Gasteiger partial charge in [0.05, 0.1) is 0 Å². The minimum atomic E-state index is -0.594. The van der Waals surface area contributed by atoms with Crippen LogP contribution in [0.25, 0.3) is 5.65 Å². The third-order valence-electron chi connectivity index (χ3n) is 4.07.